The van der Waals surface area contributed by atoms with Crippen LogP contribution in [0.5, 0.6) is 5.75 Å². The summed E-state index contributed by atoms with van der Waals surface area (Å²) >= 11 is 11.3. The number of aliphatic carboxylic acids is 1. The van der Waals surface area contributed by atoms with Crippen LogP contribution in [0.3, 0.4) is 0 Å². The molecule has 0 aliphatic heterocycles. The van der Waals surface area contributed by atoms with Gasteiger partial charge in [0.1, 0.15) is 5.75 Å². The summed E-state index contributed by atoms with van der Waals surface area (Å²) in [7, 11) is 0. The third kappa shape index (κ3) is 3.13. The molecule has 5 heteroatoms. The van der Waals surface area contributed by atoms with Gasteiger partial charge >= 0.3 is 5.97 Å². The zero-order valence-electron chi connectivity index (χ0n) is 6.46. The summed E-state index contributed by atoms with van der Waals surface area (Å²) in [5, 5.41) is 9.11. The molecule has 0 radical (unpaired) electrons. The molecule has 0 saturated carbocycles. The Labute approximate surface area is 84.8 Å². The SMILES string of the molecule is O=C(O)[14CH2]Oc1ccc(Cl)cc1Cl. The van der Waals surface area contributed by atoms with E-state index in [0.29, 0.717) is 15.8 Å². The fourth-order valence-corrected chi connectivity index (χ4v) is 1.19. The predicted molar refractivity (Wildman–Crippen MR) is 49.6 cm³/mol. The van der Waals surface area contributed by atoms with Gasteiger partial charge in [-0.25, -0.2) is 4.79 Å². The Balaban J connectivity index is 2.72. The minimum absolute atomic E-state index is 0.300. The highest BCUT2D eigenvalue weighted by molar-refractivity contribution is 6.35. The lowest BCUT2D eigenvalue weighted by atomic mass is 10.3. The number of carboxylic acid groups (broad SMARTS) is 1. The molecule has 1 aromatic carbocycles. The van der Waals surface area contributed by atoms with E-state index in [0.717, 1.165) is 0 Å². The maximum absolute atomic E-state index is 10.2. The standard InChI is InChI=1S/C8H6Cl2O3/c9-5-1-2-7(6(10)3-5)13-4-8(11)12/h1-3H,4H2,(H,11,12)/i4+2. The van der Waals surface area contributed by atoms with Crippen LogP contribution in [0, 0.1) is 0 Å². The molecule has 0 amide bonds. The van der Waals surface area contributed by atoms with Gasteiger partial charge in [0, 0.05) is 5.02 Å². The van der Waals surface area contributed by atoms with E-state index in [9.17, 15) is 4.79 Å². The minimum atomic E-state index is -1.05. The molecule has 1 aromatic rings. The maximum atomic E-state index is 10.2. The minimum Gasteiger partial charge on any atom is -0.480 e. The molecule has 0 fully saturated rings. The highest BCUT2D eigenvalue weighted by Crippen LogP contribution is 2.27. The number of hydrogen-bond acceptors (Lipinski definition) is 2. The molecular formula is C8H6Cl2O3. The van der Waals surface area contributed by atoms with Crippen molar-refractivity contribution in [1.29, 1.82) is 0 Å². The summed E-state index contributed by atoms with van der Waals surface area (Å²) in [6.07, 6.45) is 0. The topological polar surface area (TPSA) is 46.5 Å². The number of benzene rings is 1. The predicted octanol–water partition coefficient (Wildman–Crippen LogP) is 2.46. The van der Waals surface area contributed by atoms with Gasteiger partial charge in [0.05, 0.1) is 5.02 Å². The summed E-state index contributed by atoms with van der Waals surface area (Å²) in [4.78, 5) is 10.2. The Morgan fingerprint density at radius 3 is 2.69 bits per heavy atom. The lowest BCUT2D eigenvalue weighted by Crippen LogP contribution is -2.09. The van der Waals surface area contributed by atoms with Crippen molar-refractivity contribution in [2.75, 3.05) is 6.61 Å². The quantitative estimate of drug-likeness (QED) is 0.855. The molecule has 0 spiro atoms. The Hall–Kier alpha value is -0.930. The van der Waals surface area contributed by atoms with Gasteiger partial charge in [-0.3, -0.25) is 0 Å². The van der Waals surface area contributed by atoms with Crippen LogP contribution in [0.2, 0.25) is 10.0 Å². The van der Waals surface area contributed by atoms with E-state index in [1.807, 2.05) is 0 Å². The molecule has 0 heterocycles. The number of carbonyl (C=O) groups is 1. The monoisotopic (exact) mass is 222 g/mol. The molecule has 0 aliphatic rings. The average Bonchev–Trinajstić information content (AvgIpc) is 2.02. The van der Waals surface area contributed by atoms with Gasteiger partial charge in [-0.1, -0.05) is 23.2 Å². The van der Waals surface area contributed by atoms with Crippen LogP contribution in [-0.4, -0.2) is 17.7 Å². The van der Waals surface area contributed by atoms with Gasteiger partial charge in [-0.05, 0) is 18.2 Å². The van der Waals surface area contributed by atoms with Gasteiger partial charge in [0.2, 0.25) is 0 Å². The van der Waals surface area contributed by atoms with Crippen LogP contribution in [0.4, 0.5) is 0 Å². The van der Waals surface area contributed by atoms with Gasteiger partial charge in [0.15, 0.2) is 6.61 Å². The smallest absolute Gasteiger partial charge is 0.341 e. The second kappa shape index (κ2) is 4.35. The normalized spacial score (nSPS) is 9.69. The maximum Gasteiger partial charge on any atom is 0.341 e. The van der Waals surface area contributed by atoms with Crippen LogP contribution in [0.15, 0.2) is 18.2 Å². The van der Waals surface area contributed by atoms with Crippen LogP contribution in [-0.2, 0) is 4.79 Å². The molecule has 70 valence electrons. The van der Waals surface area contributed by atoms with Crippen LogP contribution >= 0.6 is 23.2 Å². The first-order valence-corrected chi connectivity index (χ1v) is 4.15. The first-order valence-electron chi connectivity index (χ1n) is 3.39. The van der Waals surface area contributed by atoms with Crippen molar-refractivity contribution in [2.45, 2.75) is 0 Å². The van der Waals surface area contributed by atoms with Crippen LogP contribution < -0.4 is 4.74 Å². The molecule has 13 heavy (non-hydrogen) atoms. The van der Waals surface area contributed by atoms with E-state index in [4.69, 9.17) is 33.0 Å². The molecule has 0 aliphatic carbocycles. The zero-order chi connectivity index (χ0) is 9.84. The van der Waals surface area contributed by atoms with Gasteiger partial charge in [0.25, 0.3) is 0 Å². The number of halogens is 2. The molecule has 0 atom stereocenters. The third-order valence-corrected chi connectivity index (χ3v) is 1.78. The Bertz CT molecular complexity index is 325. The van der Waals surface area contributed by atoms with Crippen molar-refractivity contribution in [3.8, 4) is 5.75 Å². The van der Waals surface area contributed by atoms with E-state index in [2.05, 4.69) is 0 Å². The molecule has 0 unspecified atom stereocenters. The van der Waals surface area contributed by atoms with Crippen LogP contribution in [0.1, 0.15) is 0 Å². The summed E-state index contributed by atoms with van der Waals surface area (Å²) in [6.45, 7) is -0.415. The van der Waals surface area contributed by atoms with Gasteiger partial charge in [-0.2, -0.15) is 0 Å². The van der Waals surface area contributed by atoms with E-state index in [1.165, 1.54) is 12.1 Å². The number of carboxylic acids is 1. The Morgan fingerprint density at radius 2 is 2.15 bits per heavy atom. The molecule has 0 bridgehead atoms. The lowest BCUT2D eigenvalue weighted by Gasteiger charge is -2.04. The average molecular weight is 223 g/mol. The highest BCUT2D eigenvalue weighted by Gasteiger charge is 2.04. The molecule has 1 rings (SSSR count). The van der Waals surface area contributed by atoms with Crippen molar-refractivity contribution in [3.63, 3.8) is 0 Å². The van der Waals surface area contributed by atoms with Crippen molar-refractivity contribution < 1.29 is 14.6 Å². The van der Waals surface area contributed by atoms with E-state index in [-0.39, 0.29) is 0 Å². The summed E-state index contributed by atoms with van der Waals surface area (Å²) in [6, 6.07) is 4.58. The second-order valence-electron chi connectivity index (χ2n) is 2.26. The van der Waals surface area contributed by atoms with Crippen molar-refractivity contribution >= 4 is 29.2 Å². The lowest BCUT2D eigenvalue weighted by molar-refractivity contribution is -0.139. The molecule has 0 saturated heterocycles. The molecular weight excluding hydrogens is 217 g/mol. The molecule has 3 nitrogen and oxygen atoms in total. The van der Waals surface area contributed by atoms with Crippen molar-refractivity contribution in [1.82, 2.24) is 0 Å². The van der Waals surface area contributed by atoms with E-state index < -0.39 is 12.6 Å². The molecule has 1 N–H and O–H groups in total. The zero-order valence-corrected chi connectivity index (χ0v) is 7.97. The summed E-state index contributed by atoms with van der Waals surface area (Å²) in [5.41, 5.74) is 0. The van der Waals surface area contributed by atoms with Gasteiger partial charge < -0.3 is 9.84 Å². The molecule has 0 aromatic heterocycles. The largest absolute Gasteiger partial charge is 0.480 e. The number of rotatable bonds is 3. The van der Waals surface area contributed by atoms with Gasteiger partial charge in [-0.15, -0.1) is 0 Å². The fraction of sp³-hybridized carbons (Fsp3) is 0.125. The third-order valence-electron chi connectivity index (χ3n) is 1.25. The Kier molecular flexibility index (Phi) is 3.39. The second-order valence-corrected chi connectivity index (χ2v) is 3.10. The first-order chi connectivity index (χ1) is 6.09. The highest BCUT2D eigenvalue weighted by atomic mass is 35.5. The van der Waals surface area contributed by atoms with Crippen LogP contribution in [0.25, 0.3) is 0 Å². The summed E-state index contributed by atoms with van der Waals surface area (Å²) in [5.74, 6) is -0.737. The van der Waals surface area contributed by atoms with E-state index >= 15 is 0 Å². The van der Waals surface area contributed by atoms with Crippen molar-refractivity contribution in [3.05, 3.63) is 28.2 Å². The fourth-order valence-electron chi connectivity index (χ4n) is 0.732. The Morgan fingerprint density at radius 1 is 1.46 bits per heavy atom. The summed E-state index contributed by atoms with van der Waals surface area (Å²) < 4.78 is 4.86. The number of ether oxygens (including phenoxy) is 1. The van der Waals surface area contributed by atoms with Crippen molar-refractivity contribution in [2.24, 2.45) is 0 Å². The first kappa shape index (κ1) is 10.2. The van der Waals surface area contributed by atoms with E-state index in [1.54, 1.807) is 6.07 Å². The number of hydrogen-bond donors (Lipinski definition) is 1.